The summed E-state index contributed by atoms with van der Waals surface area (Å²) in [6.45, 7) is 9.27. The Kier molecular flexibility index (Phi) is 7.99. The number of rotatable bonds is 4. The average molecular weight is 510 g/mol. The molecule has 2 N–H and O–H groups in total. The lowest BCUT2D eigenvalue weighted by Gasteiger charge is -2.27. The molecule has 4 rings (SSSR count). The van der Waals surface area contributed by atoms with Gasteiger partial charge >= 0.3 is 0 Å². The number of ether oxygens (including phenoxy) is 2. The zero-order valence-corrected chi connectivity index (χ0v) is 21.8. The highest BCUT2D eigenvalue weighted by atomic mass is 16.5. The van der Waals surface area contributed by atoms with E-state index >= 15 is 0 Å². The highest BCUT2D eigenvalue weighted by Gasteiger charge is 2.30. The molecule has 6 heteroatoms. The smallest absolute Gasteiger partial charge is 0.252 e. The van der Waals surface area contributed by atoms with E-state index in [-0.39, 0.29) is 30.6 Å². The third kappa shape index (κ3) is 6.90. The van der Waals surface area contributed by atoms with Crippen molar-refractivity contribution in [3.63, 3.8) is 0 Å². The van der Waals surface area contributed by atoms with Crippen LogP contribution in [0.3, 0.4) is 0 Å². The monoisotopic (exact) mass is 509 g/mol. The van der Waals surface area contributed by atoms with Crippen LogP contribution in [0.4, 0.5) is 0 Å². The third-order valence-corrected chi connectivity index (χ3v) is 6.08. The van der Waals surface area contributed by atoms with E-state index in [4.69, 9.17) is 9.47 Å². The minimum absolute atomic E-state index is 0.00826. The Bertz CT molecular complexity index is 1400. The average Bonchev–Trinajstić information content (AvgIpc) is 3.03. The fraction of sp³-hybridized carbons (Fsp3) is 0.250. The van der Waals surface area contributed by atoms with Crippen molar-refractivity contribution < 1.29 is 24.2 Å². The molecule has 1 aliphatic carbocycles. The first-order chi connectivity index (χ1) is 18.1. The van der Waals surface area contributed by atoms with Crippen LogP contribution < -0.4 is 10.1 Å². The number of ketones is 1. The Balaban J connectivity index is 1.50. The lowest BCUT2D eigenvalue weighted by molar-refractivity contribution is -0.123. The second-order valence-corrected chi connectivity index (χ2v) is 9.90. The van der Waals surface area contributed by atoms with Crippen molar-refractivity contribution in [2.24, 2.45) is 5.92 Å². The fourth-order valence-corrected chi connectivity index (χ4v) is 4.07. The Hall–Kier alpha value is -4.34. The molecule has 0 saturated carbocycles. The predicted octanol–water partition coefficient (Wildman–Crippen LogP) is 5.28. The molecule has 1 heterocycles. The molecule has 0 radical (unpaired) electrons. The number of carbonyl (C=O) groups is 2. The van der Waals surface area contributed by atoms with Gasteiger partial charge in [-0.15, -0.1) is 0 Å². The molecular formula is C32H31NO5. The van der Waals surface area contributed by atoms with E-state index in [0.29, 0.717) is 34.0 Å². The minimum atomic E-state index is -1.13. The van der Waals surface area contributed by atoms with Crippen LogP contribution in [-0.4, -0.2) is 35.0 Å². The molecule has 38 heavy (non-hydrogen) atoms. The lowest BCUT2D eigenvalue weighted by Crippen LogP contribution is -2.45. The van der Waals surface area contributed by atoms with Gasteiger partial charge in [0.05, 0.1) is 0 Å². The van der Waals surface area contributed by atoms with Crippen molar-refractivity contribution in [2.45, 2.75) is 38.8 Å². The molecular weight excluding hydrogens is 478 g/mol. The second kappa shape index (κ2) is 11.4. The molecule has 0 bridgehead atoms. The number of Topliss-reactive ketones (excluding diaryl/α,β-unsaturated/α-hetero) is 1. The van der Waals surface area contributed by atoms with E-state index < -0.39 is 11.6 Å². The quantitative estimate of drug-likeness (QED) is 0.548. The highest BCUT2D eigenvalue weighted by Crippen LogP contribution is 2.32. The molecule has 1 unspecified atom stereocenters. The van der Waals surface area contributed by atoms with E-state index in [1.807, 2.05) is 43.3 Å². The summed E-state index contributed by atoms with van der Waals surface area (Å²) in [5, 5.41) is 12.8. The topological polar surface area (TPSA) is 84.9 Å². The van der Waals surface area contributed by atoms with Crippen molar-refractivity contribution in [1.29, 1.82) is 0 Å². The van der Waals surface area contributed by atoms with Crippen molar-refractivity contribution in [3.8, 4) is 23.3 Å². The number of hydrogen-bond donors (Lipinski definition) is 2. The van der Waals surface area contributed by atoms with Crippen molar-refractivity contribution in [1.82, 2.24) is 5.32 Å². The maximum atomic E-state index is 13.1. The molecule has 1 aliphatic heterocycles. The summed E-state index contributed by atoms with van der Waals surface area (Å²) < 4.78 is 11.9. The van der Waals surface area contributed by atoms with E-state index in [0.717, 1.165) is 5.57 Å². The van der Waals surface area contributed by atoms with Gasteiger partial charge in [-0.05, 0) is 79.5 Å². The molecule has 1 fully saturated rings. The molecule has 0 spiro atoms. The number of para-hydroxylation sites is 1. The van der Waals surface area contributed by atoms with Crippen molar-refractivity contribution >= 4 is 11.7 Å². The summed E-state index contributed by atoms with van der Waals surface area (Å²) in [6.07, 6.45) is 5.70. The number of carbonyl (C=O) groups excluding carboxylic acids is 2. The number of allylic oxidation sites excluding steroid dienone is 6. The van der Waals surface area contributed by atoms with Gasteiger partial charge in [0, 0.05) is 17.6 Å². The van der Waals surface area contributed by atoms with Crippen molar-refractivity contribution in [3.05, 3.63) is 107 Å². The van der Waals surface area contributed by atoms with Gasteiger partial charge in [-0.2, -0.15) is 0 Å². The summed E-state index contributed by atoms with van der Waals surface area (Å²) in [6, 6.07) is 15.3. The number of nitrogens with one attached hydrogen (secondary N) is 1. The van der Waals surface area contributed by atoms with E-state index in [9.17, 15) is 14.7 Å². The molecule has 2 aliphatic rings. The van der Waals surface area contributed by atoms with Crippen LogP contribution in [0.1, 0.15) is 37.6 Å². The Morgan fingerprint density at radius 1 is 1.13 bits per heavy atom. The highest BCUT2D eigenvalue weighted by molar-refractivity contribution is 5.98. The van der Waals surface area contributed by atoms with Gasteiger partial charge in [-0.1, -0.05) is 49.6 Å². The van der Waals surface area contributed by atoms with Crippen LogP contribution in [0.15, 0.2) is 102 Å². The van der Waals surface area contributed by atoms with Gasteiger partial charge in [0.1, 0.15) is 35.5 Å². The summed E-state index contributed by atoms with van der Waals surface area (Å²) in [7, 11) is 0. The fourth-order valence-electron chi connectivity index (χ4n) is 4.07. The number of hydrogen-bond acceptors (Lipinski definition) is 5. The van der Waals surface area contributed by atoms with Gasteiger partial charge < -0.3 is 19.9 Å². The maximum Gasteiger partial charge on any atom is 0.252 e. The molecule has 1 saturated heterocycles. The largest absolute Gasteiger partial charge is 0.491 e. The van der Waals surface area contributed by atoms with Gasteiger partial charge in [0.2, 0.25) is 0 Å². The molecule has 194 valence electrons. The van der Waals surface area contributed by atoms with Crippen LogP contribution in [0, 0.1) is 17.8 Å². The van der Waals surface area contributed by atoms with Crippen LogP contribution in [0.2, 0.25) is 0 Å². The van der Waals surface area contributed by atoms with E-state index in [1.165, 1.54) is 0 Å². The first-order valence-electron chi connectivity index (χ1n) is 12.5. The Morgan fingerprint density at radius 3 is 2.61 bits per heavy atom. The Labute approximate surface area is 223 Å². The number of fused-ring (bicyclic) bond motifs is 1. The molecule has 2 aromatic carbocycles. The zero-order chi connectivity index (χ0) is 27.3. The van der Waals surface area contributed by atoms with Crippen LogP contribution >= 0.6 is 0 Å². The van der Waals surface area contributed by atoms with Gasteiger partial charge in [-0.25, -0.2) is 0 Å². The zero-order valence-electron chi connectivity index (χ0n) is 21.8. The van der Waals surface area contributed by atoms with E-state index in [1.54, 1.807) is 50.3 Å². The standard InChI is InChI=1S/C32H31NO5/c1-21-17-27-22(2)18-29(34)28(20-37-30(27)14-13-23(21)15-16-32(3,4)36)33-31(35)24-9-8-12-26(19-24)38-25-10-6-5-7-11-25/h5-14,17,19,22,28,36H,1,18,20H2,2-4H3,(H,33,35)/t22?,28-/m0/s1. The predicted molar refractivity (Wildman–Crippen MR) is 146 cm³/mol. The minimum Gasteiger partial charge on any atom is -0.491 e. The van der Waals surface area contributed by atoms with Gasteiger partial charge in [0.15, 0.2) is 5.78 Å². The molecule has 6 nitrogen and oxygen atoms in total. The lowest BCUT2D eigenvalue weighted by atomic mass is 9.89. The van der Waals surface area contributed by atoms with Crippen LogP contribution in [0.5, 0.6) is 11.5 Å². The number of aliphatic hydroxyl groups is 1. The van der Waals surface area contributed by atoms with E-state index in [2.05, 4.69) is 23.7 Å². The molecule has 2 atom stereocenters. The summed E-state index contributed by atoms with van der Waals surface area (Å²) >= 11 is 0. The summed E-state index contributed by atoms with van der Waals surface area (Å²) in [5.41, 5.74) is 1.42. The van der Waals surface area contributed by atoms with Crippen molar-refractivity contribution in [2.75, 3.05) is 6.61 Å². The van der Waals surface area contributed by atoms with Gasteiger partial charge in [-0.3, -0.25) is 9.59 Å². The molecule has 1 amide bonds. The summed E-state index contributed by atoms with van der Waals surface area (Å²) in [5.74, 6) is 6.89. The molecule has 2 aromatic rings. The summed E-state index contributed by atoms with van der Waals surface area (Å²) in [4.78, 5) is 26.2. The normalized spacial score (nSPS) is 19.5. The first-order valence-corrected chi connectivity index (χ1v) is 12.5. The third-order valence-electron chi connectivity index (χ3n) is 6.08. The van der Waals surface area contributed by atoms with Crippen LogP contribution in [0.25, 0.3) is 0 Å². The SMILES string of the molecule is C=C1C=C2C(=CC=C1C#CC(C)(C)O)OC[C@H](NC(=O)c1cccc(Oc3ccccc3)c1)C(=O)CC2C. The second-order valence-electron chi connectivity index (χ2n) is 9.90. The Morgan fingerprint density at radius 2 is 1.87 bits per heavy atom. The van der Waals surface area contributed by atoms with Crippen LogP contribution in [-0.2, 0) is 9.53 Å². The maximum absolute atomic E-state index is 13.1. The number of amides is 1. The molecule has 0 aromatic heterocycles. The van der Waals surface area contributed by atoms with Gasteiger partial charge in [0.25, 0.3) is 5.91 Å². The first kappa shape index (κ1) is 26.7. The number of benzene rings is 2.